The molecule has 34 heavy (non-hydrogen) atoms. The van der Waals surface area contributed by atoms with Crippen LogP contribution in [0.3, 0.4) is 0 Å². The Bertz CT molecular complexity index is 1310. The van der Waals surface area contributed by atoms with Crippen molar-refractivity contribution in [1.29, 1.82) is 0 Å². The van der Waals surface area contributed by atoms with E-state index in [4.69, 9.17) is 22.1 Å². The number of aryl methyl sites for hydroxylation is 1. The van der Waals surface area contributed by atoms with E-state index in [0.717, 1.165) is 23.1 Å². The number of amidine groups is 1. The number of pyridine rings is 1. The molecule has 0 saturated carbocycles. The predicted molar refractivity (Wildman–Crippen MR) is 132 cm³/mol. The zero-order chi connectivity index (χ0) is 24.2. The van der Waals surface area contributed by atoms with Gasteiger partial charge in [0.1, 0.15) is 23.7 Å². The molecule has 4 rings (SSSR count). The molecule has 0 atom stereocenters. The average Bonchev–Trinajstić information content (AvgIpc) is 3.20. The number of hydrogen-bond acceptors (Lipinski definition) is 4. The van der Waals surface area contributed by atoms with Crippen LogP contribution >= 0.6 is 11.6 Å². The van der Waals surface area contributed by atoms with E-state index in [2.05, 4.69) is 15.0 Å². The lowest BCUT2D eigenvalue weighted by Gasteiger charge is -2.20. The largest absolute Gasteiger partial charge is 0.487 e. The maximum atomic E-state index is 14.1. The van der Waals surface area contributed by atoms with Crippen molar-refractivity contribution in [2.45, 2.75) is 32.9 Å². The van der Waals surface area contributed by atoms with Crippen molar-refractivity contribution >= 4 is 40.6 Å². The molecule has 0 spiro atoms. The van der Waals surface area contributed by atoms with E-state index in [1.54, 1.807) is 11.9 Å². The number of rotatable bonds is 6. The zero-order valence-corrected chi connectivity index (χ0v) is 19.8. The van der Waals surface area contributed by atoms with Crippen molar-refractivity contribution in [1.82, 2.24) is 9.88 Å². The van der Waals surface area contributed by atoms with Gasteiger partial charge in [-0.25, -0.2) is 14.4 Å². The quantitative estimate of drug-likeness (QED) is 0.417. The highest BCUT2D eigenvalue weighted by atomic mass is 35.5. The van der Waals surface area contributed by atoms with E-state index in [1.807, 2.05) is 31.2 Å². The number of benzene rings is 2. The third-order valence-corrected chi connectivity index (χ3v) is 6.07. The predicted octanol–water partition coefficient (Wildman–Crippen LogP) is 4.40. The summed E-state index contributed by atoms with van der Waals surface area (Å²) in [5.41, 5.74) is 8.94. The van der Waals surface area contributed by atoms with Gasteiger partial charge in [-0.15, -0.1) is 0 Å². The van der Waals surface area contributed by atoms with Gasteiger partial charge in [0, 0.05) is 48.8 Å². The van der Waals surface area contributed by atoms with Gasteiger partial charge in [-0.2, -0.15) is 0 Å². The van der Waals surface area contributed by atoms with E-state index < -0.39 is 5.82 Å². The Labute approximate surface area is 202 Å². The second kappa shape index (κ2) is 10.2. The van der Waals surface area contributed by atoms with Gasteiger partial charge in [-0.05, 0) is 43.2 Å². The van der Waals surface area contributed by atoms with Crippen LogP contribution in [0.4, 0.5) is 4.39 Å². The smallest absolute Gasteiger partial charge is 0.222 e. The van der Waals surface area contributed by atoms with Gasteiger partial charge >= 0.3 is 0 Å². The maximum absolute atomic E-state index is 14.1. The number of aromatic nitrogens is 1. The summed E-state index contributed by atoms with van der Waals surface area (Å²) >= 11 is 6.40. The van der Waals surface area contributed by atoms with Gasteiger partial charge in [-0.1, -0.05) is 23.7 Å². The van der Waals surface area contributed by atoms with Crippen LogP contribution in [0, 0.1) is 12.7 Å². The number of carbonyl (C=O) groups excluding carboxylic acids is 1. The van der Waals surface area contributed by atoms with Gasteiger partial charge in [0.2, 0.25) is 5.91 Å². The van der Waals surface area contributed by atoms with Gasteiger partial charge in [0.05, 0.1) is 11.4 Å². The Hall–Kier alpha value is -3.52. The van der Waals surface area contributed by atoms with Crippen LogP contribution in [0.2, 0.25) is 5.02 Å². The molecule has 176 valence electrons. The Morgan fingerprint density at radius 1 is 1.35 bits per heavy atom. The molecule has 1 aliphatic heterocycles. The lowest BCUT2D eigenvalue weighted by molar-refractivity contribution is -0.128. The van der Waals surface area contributed by atoms with Crippen LogP contribution in [0.1, 0.15) is 35.2 Å². The minimum absolute atomic E-state index is 0.0574. The lowest BCUT2D eigenvalue weighted by Crippen LogP contribution is -2.24. The minimum Gasteiger partial charge on any atom is -0.487 e. The minimum atomic E-state index is -0.450. The van der Waals surface area contributed by atoms with Crippen molar-refractivity contribution in [2.75, 3.05) is 13.6 Å². The SMILES string of the molecule is CN=C(N=CN)c1cc(C)nc2c(OCc3c(Cl)cc(F)cc3CN3CCCC3=O)cccc12. The van der Waals surface area contributed by atoms with E-state index in [9.17, 15) is 9.18 Å². The molecule has 0 aliphatic carbocycles. The average molecular weight is 482 g/mol. The highest BCUT2D eigenvalue weighted by Crippen LogP contribution is 2.31. The molecule has 7 nitrogen and oxygen atoms in total. The summed E-state index contributed by atoms with van der Waals surface area (Å²) in [6.45, 7) is 2.91. The lowest BCUT2D eigenvalue weighted by atomic mass is 10.1. The van der Waals surface area contributed by atoms with Crippen molar-refractivity contribution in [3.8, 4) is 5.75 Å². The fourth-order valence-electron chi connectivity index (χ4n) is 4.16. The first-order valence-electron chi connectivity index (χ1n) is 10.9. The number of likely N-dealkylation sites (tertiary alicyclic amines) is 1. The second-order valence-corrected chi connectivity index (χ2v) is 8.43. The zero-order valence-electron chi connectivity index (χ0n) is 19.0. The Morgan fingerprint density at radius 2 is 2.18 bits per heavy atom. The van der Waals surface area contributed by atoms with Crippen molar-refractivity contribution in [3.05, 3.63) is 69.6 Å². The normalized spacial score (nSPS) is 14.5. The molecule has 0 bridgehead atoms. The molecule has 1 amide bonds. The first-order chi connectivity index (χ1) is 16.4. The number of amides is 1. The van der Waals surface area contributed by atoms with Gasteiger partial charge in [0.15, 0.2) is 5.84 Å². The molecular formula is C25H25ClFN5O2. The molecule has 2 N–H and O–H groups in total. The molecule has 0 radical (unpaired) electrons. The standard InChI is InChI=1S/C25H25ClFN5O2/c1-15-9-19(25(29-2)30-14-28)18-5-3-6-22(24(18)31-15)34-13-20-16(10-17(27)11-21(20)26)12-32-8-4-7-23(32)33/h3,5-6,9-11,14H,4,7-8,12-13H2,1-2H3,(H2,28,29,30). The molecule has 3 aromatic rings. The van der Waals surface area contributed by atoms with Crippen LogP contribution in [0.25, 0.3) is 10.9 Å². The summed E-state index contributed by atoms with van der Waals surface area (Å²) in [4.78, 5) is 26.9. The summed E-state index contributed by atoms with van der Waals surface area (Å²) in [5.74, 6) is 0.629. The van der Waals surface area contributed by atoms with E-state index in [-0.39, 0.29) is 17.5 Å². The van der Waals surface area contributed by atoms with Gasteiger partial charge < -0.3 is 15.4 Å². The van der Waals surface area contributed by atoms with Crippen molar-refractivity contribution in [2.24, 2.45) is 15.7 Å². The first kappa shape index (κ1) is 23.6. The van der Waals surface area contributed by atoms with Gasteiger partial charge in [-0.3, -0.25) is 9.79 Å². The fraction of sp³-hybridized carbons (Fsp3) is 0.280. The molecule has 1 aromatic heterocycles. The van der Waals surface area contributed by atoms with Crippen LogP contribution in [-0.2, 0) is 17.9 Å². The van der Waals surface area contributed by atoms with Crippen LogP contribution in [0.15, 0.2) is 46.4 Å². The number of hydrogen-bond donors (Lipinski definition) is 1. The number of ether oxygens (including phenoxy) is 1. The highest BCUT2D eigenvalue weighted by Gasteiger charge is 2.23. The molecule has 1 saturated heterocycles. The third kappa shape index (κ3) is 4.87. The molecule has 2 aromatic carbocycles. The van der Waals surface area contributed by atoms with E-state index >= 15 is 0 Å². The van der Waals surface area contributed by atoms with Crippen molar-refractivity contribution < 1.29 is 13.9 Å². The Kier molecular flexibility index (Phi) is 7.07. The van der Waals surface area contributed by atoms with Crippen LogP contribution < -0.4 is 10.5 Å². The number of aliphatic imine (C=N–C) groups is 2. The number of nitrogens with zero attached hydrogens (tertiary/aromatic N) is 4. The molecule has 9 heteroatoms. The highest BCUT2D eigenvalue weighted by molar-refractivity contribution is 6.31. The van der Waals surface area contributed by atoms with Gasteiger partial charge in [0.25, 0.3) is 0 Å². The molecule has 1 fully saturated rings. The summed E-state index contributed by atoms with van der Waals surface area (Å²) < 4.78 is 20.3. The number of halogens is 2. The second-order valence-electron chi connectivity index (χ2n) is 8.02. The molecule has 2 heterocycles. The Morgan fingerprint density at radius 3 is 2.88 bits per heavy atom. The van der Waals surface area contributed by atoms with E-state index in [1.165, 1.54) is 18.5 Å². The monoisotopic (exact) mass is 481 g/mol. The summed E-state index contributed by atoms with van der Waals surface area (Å²) in [6.07, 6.45) is 2.51. The maximum Gasteiger partial charge on any atom is 0.222 e. The summed E-state index contributed by atoms with van der Waals surface area (Å²) in [6, 6.07) is 10.1. The summed E-state index contributed by atoms with van der Waals surface area (Å²) in [5, 5.41) is 1.06. The Balaban J connectivity index is 1.69. The third-order valence-electron chi connectivity index (χ3n) is 5.74. The molecule has 0 unspecified atom stereocenters. The van der Waals surface area contributed by atoms with E-state index in [0.29, 0.717) is 47.7 Å². The van der Waals surface area contributed by atoms with Crippen LogP contribution in [0.5, 0.6) is 5.75 Å². The number of carbonyl (C=O) groups is 1. The molecule has 1 aliphatic rings. The fourth-order valence-corrected chi connectivity index (χ4v) is 4.44. The first-order valence-corrected chi connectivity index (χ1v) is 11.3. The number of para-hydroxylation sites is 1. The van der Waals surface area contributed by atoms with Crippen molar-refractivity contribution in [3.63, 3.8) is 0 Å². The van der Waals surface area contributed by atoms with Crippen LogP contribution in [-0.4, -0.2) is 41.6 Å². The number of fused-ring (bicyclic) bond motifs is 1. The molecular weight excluding hydrogens is 457 g/mol. The topological polar surface area (TPSA) is 93.2 Å². The summed E-state index contributed by atoms with van der Waals surface area (Å²) in [7, 11) is 1.65. The number of nitrogens with two attached hydrogens (primary N) is 1.